The van der Waals surface area contributed by atoms with Gasteiger partial charge in [-0.05, 0) is 38.1 Å². The highest BCUT2D eigenvalue weighted by molar-refractivity contribution is 5.81. The van der Waals surface area contributed by atoms with E-state index in [1.165, 1.54) is 12.8 Å². The minimum absolute atomic E-state index is 0.129. The minimum Gasteiger partial charge on any atom is -0.393 e. The smallest absolute Gasteiger partial charge is 0.225 e. The van der Waals surface area contributed by atoms with Crippen LogP contribution in [0.25, 0.3) is 0 Å². The largest absolute Gasteiger partial charge is 0.393 e. The third kappa shape index (κ3) is 6.66. The first-order valence-corrected chi connectivity index (χ1v) is 8.97. The number of aliphatic hydroxyl groups is 1. The Morgan fingerprint density at radius 1 is 1.32 bits per heavy atom. The van der Waals surface area contributed by atoms with E-state index < -0.39 is 0 Å². The van der Waals surface area contributed by atoms with Gasteiger partial charge in [-0.3, -0.25) is 4.79 Å². The van der Waals surface area contributed by atoms with Crippen LogP contribution in [-0.2, 0) is 4.79 Å². The standard InChI is InChI=1S/C18H36N2O2/c1-6-8-9-20-12-14(11-16(21)7-2)10-15(13-20)19-17(22)18(3,4)5/h14-16,21H,6-13H2,1-5H3,(H,19,22). The number of carbonyl (C=O) groups is 1. The SMILES string of the molecule is CCCCN1CC(CC(O)CC)CC(NC(=O)C(C)(C)C)C1. The van der Waals surface area contributed by atoms with Crippen LogP contribution < -0.4 is 5.32 Å². The second kappa shape index (κ2) is 8.88. The Labute approximate surface area is 136 Å². The van der Waals surface area contributed by atoms with E-state index in [-0.39, 0.29) is 23.5 Å². The van der Waals surface area contributed by atoms with Gasteiger partial charge in [0.2, 0.25) is 5.91 Å². The monoisotopic (exact) mass is 312 g/mol. The zero-order chi connectivity index (χ0) is 16.8. The lowest BCUT2D eigenvalue weighted by Gasteiger charge is -2.39. The van der Waals surface area contributed by atoms with Crippen LogP contribution in [0, 0.1) is 11.3 Å². The van der Waals surface area contributed by atoms with Gasteiger partial charge in [0.25, 0.3) is 0 Å². The van der Waals surface area contributed by atoms with Crippen molar-refractivity contribution in [3.05, 3.63) is 0 Å². The highest BCUT2D eigenvalue weighted by atomic mass is 16.3. The molecule has 130 valence electrons. The molecule has 1 fully saturated rings. The first kappa shape index (κ1) is 19.4. The number of unbranched alkanes of at least 4 members (excludes halogenated alkanes) is 1. The van der Waals surface area contributed by atoms with Crippen molar-refractivity contribution in [3.8, 4) is 0 Å². The summed E-state index contributed by atoms with van der Waals surface area (Å²) in [5, 5.41) is 13.2. The van der Waals surface area contributed by atoms with Crippen molar-refractivity contribution in [2.75, 3.05) is 19.6 Å². The average Bonchev–Trinajstić information content (AvgIpc) is 2.43. The van der Waals surface area contributed by atoms with Crippen molar-refractivity contribution >= 4 is 5.91 Å². The summed E-state index contributed by atoms with van der Waals surface area (Å²) in [4.78, 5) is 14.7. The van der Waals surface area contributed by atoms with E-state index in [1.807, 2.05) is 27.7 Å². The number of nitrogens with one attached hydrogen (secondary N) is 1. The lowest BCUT2D eigenvalue weighted by Crippen LogP contribution is -2.53. The van der Waals surface area contributed by atoms with E-state index in [0.717, 1.165) is 38.9 Å². The lowest BCUT2D eigenvalue weighted by molar-refractivity contribution is -0.129. The molecule has 1 aliphatic rings. The van der Waals surface area contributed by atoms with Crippen molar-refractivity contribution in [1.29, 1.82) is 0 Å². The molecule has 3 atom stereocenters. The number of likely N-dealkylation sites (tertiary alicyclic amines) is 1. The van der Waals surface area contributed by atoms with Gasteiger partial charge in [0.05, 0.1) is 6.10 Å². The summed E-state index contributed by atoms with van der Waals surface area (Å²) < 4.78 is 0. The Balaban J connectivity index is 2.64. The molecule has 22 heavy (non-hydrogen) atoms. The third-order valence-corrected chi connectivity index (χ3v) is 4.53. The van der Waals surface area contributed by atoms with Crippen LogP contribution in [0.15, 0.2) is 0 Å². The highest BCUT2D eigenvalue weighted by Gasteiger charge is 2.31. The van der Waals surface area contributed by atoms with Crippen LogP contribution in [-0.4, -0.2) is 47.7 Å². The molecular weight excluding hydrogens is 276 g/mol. The van der Waals surface area contributed by atoms with Gasteiger partial charge in [-0.25, -0.2) is 0 Å². The summed E-state index contributed by atoms with van der Waals surface area (Å²) in [6.45, 7) is 13.2. The van der Waals surface area contributed by atoms with Crippen LogP contribution in [0.2, 0.25) is 0 Å². The number of nitrogens with zero attached hydrogens (tertiary/aromatic N) is 1. The van der Waals surface area contributed by atoms with Gasteiger partial charge in [-0.1, -0.05) is 41.0 Å². The second-order valence-corrected chi connectivity index (χ2v) is 7.93. The Hall–Kier alpha value is -0.610. The number of rotatable bonds is 7. The number of aliphatic hydroxyl groups excluding tert-OH is 1. The molecule has 0 spiro atoms. The van der Waals surface area contributed by atoms with Crippen LogP contribution in [0.3, 0.4) is 0 Å². The predicted octanol–water partition coefficient (Wildman–Crippen LogP) is 2.80. The molecule has 1 heterocycles. The normalized spacial score (nSPS) is 25.0. The van der Waals surface area contributed by atoms with Crippen molar-refractivity contribution in [2.45, 2.75) is 78.9 Å². The molecule has 2 N–H and O–H groups in total. The van der Waals surface area contributed by atoms with Gasteiger partial charge in [-0.15, -0.1) is 0 Å². The van der Waals surface area contributed by atoms with E-state index >= 15 is 0 Å². The number of carbonyl (C=O) groups excluding carboxylic acids is 1. The fourth-order valence-electron chi connectivity index (χ4n) is 3.10. The summed E-state index contributed by atoms with van der Waals surface area (Å²) in [7, 11) is 0. The topological polar surface area (TPSA) is 52.6 Å². The maximum Gasteiger partial charge on any atom is 0.225 e. The minimum atomic E-state index is -0.343. The fraction of sp³-hybridized carbons (Fsp3) is 0.944. The molecule has 1 rings (SSSR count). The highest BCUT2D eigenvalue weighted by Crippen LogP contribution is 2.24. The van der Waals surface area contributed by atoms with E-state index in [0.29, 0.717) is 5.92 Å². The summed E-state index contributed by atoms with van der Waals surface area (Å²) >= 11 is 0. The molecule has 0 aromatic carbocycles. The molecule has 4 nitrogen and oxygen atoms in total. The third-order valence-electron chi connectivity index (χ3n) is 4.53. The van der Waals surface area contributed by atoms with E-state index in [1.54, 1.807) is 0 Å². The molecule has 0 aromatic heterocycles. The molecule has 1 amide bonds. The van der Waals surface area contributed by atoms with Crippen LogP contribution in [0.4, 0.5) is 0 Å². The molecule has 0 saturated carbocycles. The summed E-state index contributed by atoms with van der Waals surface area (Å²) in [6, 6.07) is 0.214. The van der Waals surface area contributed by atoms with Crippen molar-refractivity contribution in [3.63, 3.8) is 0 Å². The second-order valence-electron chi connectivity index (χ2n) is 7.93. The van der Waals surface area contributed by atoms with Gasteiger partial charge >= 0.3 is 0 Å². The molecule has 0 bridgehead atoms. The van der Waals surface area contributed by atoms with Crippen LogP contribution >= 0.6 is 0 Å². The zero-order valence-corrected chi connectivity index (χ0v) is 15.2. The molecular formula is C18H36N2O2. The summed E-state index contributed by atoms with van der Waals surface area (Å²) in [5.41, 5.74) is -0.343. The Morgan fingerprint density at radius 2 is 2.00 bits per heavy atom. The fourth-order valence-corrected chi connectivity index (χ4v) is 3.10. The zero-order valence-electron chi connectivity index (χ0n) is 15.2. The number of piperidine rings is 1. The van der Waals surface area contributed by atoms with E-state index in [9.17, 15) is 9.90 Å². The lowest BCUT2D eigenvalue weighted by atomic mass is 9.87. The van der Waals surface area contributed by atoms with Gasteiger partial charge in [0.1, 0.15) is 0 Å². The first-order valence-electron chi connectivity index (χ1n) is 8.97. The number of hydrogen-bond donors (Lipinski definition) is 2. The average molecular weight is 312 g/mol. The van der Waals surface area contributed by atoms with Crippen LogP contribution in [0.5, 0.6) is 0 Å². The van der Waals surface area contributed by atoms with E-state index in [2.05, 4.69) is 17.1 Å². The predicted molar refractivity (Wildman–Crippen MR) is 91.8 cm³/mol. The molecule has 3 unspecified atom stereocenters. The maximum absolute atomic E-state index is 12.3. The molecule has 0 radical (unpaired) electrons. The molecule has 1 saturated heterocycles. The Bertz CT molecular complexity index is 338. The van der Waals surface area contributed by atoms with Crippen LogP contribution in [0.1, 0.15) is 66.7 Å². The number of hydrogen-bond acceptors (Lipinski definition) is 3. The van der Waals surface area contributed by atoms with Gasteiger partial charge < -0.3 is 15.3 Å². The van der Waals surface area contributed by atoms with Crippen molar-refractivity contribution in [1.82, 2.24) is 10.2 Å². The molecule has 0 aromatic rings. The molecule has 0 aliphatic carbocycles. The van der Waals surface area contributed by atoms with Gasteiger partial charge in [-0.2, -0.15) is 0 Å². The Kier molecular flexibility index (Phi) is 7.84. The van der Waals surface area contributed by atoms with Gasteiger partial charge in [0.15, 0.2) is 0 Å². The molecule has 4 heteroatoms. The number of amides is 1. The molecule has 1 aliphatic heterocycles. The Morgan fingerprint density at radius 3 is 2.55 bits per heavy atom. The quantitative estimate of drug-likeness (QED) is 0.760. The van der Waals surface area contributed by atoms with Gasteiger partial charge in [0, 0.05) is 24.5 Å². The van der Waals surface area contributed by atoms with E-state index in [4.69, 9.17) is 0 Å². The summed E-state index contributed by atoms with van der Waals surface area (Å²) in [5.74, 6) is 0.607. The maximum atomic E-state index is 12.3. The first-order chi connectivity index (χ1) is 10.3. The summed E-state index contributed by atoms with van der Waals surface area (Å²) in [6.07, 6.45) is 4.82. The van der Waals surface area contributed by atoms with Crippen molar-refractivity contribution in [2.24, 2.45) is 11.3 Å². The van der Waals surface area contributed by atoms with Crippen molar-refractivity contribution < 1.29 is 9.90 Å².